The molecular weight excluding hydrogens is 336 g/mol. The number of nitrogens with one attached hydrogen (secondary N) is 2. The van der Waals surface area contributed by atoms with E-state index in [-0.39, 0.29) is 17.7 Å². The van der Waals surface area contributed by atoms with Gasteiger partial charge in [-0.2, -0.15) is 0 Å². The molecule has 0 heterocycles. The number of carbonyl (C=O) groups excluding carboxylic acids is 1. The fourth-order valence-electron chi connectivity index (χ4n) is 2.48. The second kappa shape index (κ2) is 8.27. The molecule has 0 atom stereocenters. The summed E-state index contributed by atoms with van der Waals surface area (Å²) in [4.78, 5) is 12.2. The first-order chi connectivity index (χ1) is 11.8. The van der Waals surface area contributed by atoms with Crippen molar-refractivity contribution in [3.05, 3.63) is 70.8 Å². The molecule has 0 fully saturated rings. The van der Waals surface area contributed by atoms with Gasteiger partial charge in [0.25, 0.3) is 5.91 Å². The van der Waals surface area contributed by atoms with E-state index < -0.39 is 10.0 Å². The van der Waals surface area contributed by atoms with Gasteiger partial charge < -0.3 is 5.32 Å². The third-order valence-electron chi connectivity index (χ3n) is 3.64. The van der Waals surface area contributed by atoms with Crippen molar-refractivity contribution in [2.24, 2.45) is 0 Å². The van der Waals surface area contributed by atoms with Gasteiger partial charge in [-0.15, -0.1) is 0 Å². The minimum atomic E-state index is -3.33. The molecule has 0 spiro atoms. The van der Waals surface area contributed by atoms with Crippen LogP contribution in [0.2, 0.25) is 0 Å². The molecule has 25 heavy (non-hydrogen) atoms. The summed E-state index contributed by atoms with van der Waals surface area (Å²) in [5, 5.41) is 2.88. The molecule has 1 amide bonds. The molecule has 0 saturated heterocycles. The van der Waals surface area contributed by atoms with Crippen LogP contribution in [0.15, 0.2) is 48.5 Å². The highest BCUT2D eigenvalue weighted by Gasteiger charge is 2.13. The minimum Gasteiger partial charge on any atom is -0.348 e. The summed E-state index contributed by atoms with van der Waals surface area (Å²) in [7, 11) is -3.33. The van der Waals surface area contributed by atoms with E-state index in [1.165, 1.54) is 0 Å². The standard InChI is InChI=1S/C19H24N2O3S/c1-14(2)21-25(23,24)13-17-10-8-16(9-11-17)12-20-19(22)18-7-5-4-6-15(18)3/h4-11,14,21H,12-13H2,1-3H3,(H,20,22). The molecule has 6 heteroatoms. The van der Waals surface area contributed by atoms with Gasteiger partial charge in [-0.3, -0.25) is 4.79 Å². The van der Waals surface area contributed by atoms with E-state index in [2.05, 4.69) is 10.0 Å². The van der Waals surface area contributed by atoms with Crippen LogP contribution in [-0.4, -0.2) is 20.4 Å². The Morgan fingerprint density at radius 3 is 2.20 bits per heavy atom. The Hall–Kier alpha value is -2.18. The molecule has 0 aliphatic rings. The highest BCUT2D eigenvalue weighted by Crippen LogP contribution is 2.10. The fourth-order valence-corrected chi connectivity index (χ4v) is 3.91. The summed E-state index contributed by atoms with van der Waals surface area (Å²) in [6.45, 7) is 5.87. The van der Waals surface area contributed by atoms with Gasteiger partial charge in [-0.1, -0.05) is 42.5 Å². The average Bonchev–Trinajstić information content (AvgIpc) is 2.52. The summed E-state index contributed by atoms with van der Waals surface area (Å²) in [5.74, 6) is -0.174. The molecule has 0 saturated carbocycles. The summed E-state index contributed by atoms with van der Waals surface area (Å²) in [6.07, 6.45) is 0. The van der Waals surface area contributed by atoms with Crippen molar-refractivity contribution >= 4 is 15.9 Å². The second-order valence-electron chi connectivity index (χ2n) is 6.35. The van der Waals surface area contributed by atoms with Crippen molar-refractivity contribution in [2.45, 2.75) is 39.1 Å². The van der Waals surface area contributed by atoms with Crippen LogP contribution in [0.25, 0.3) is 0 Å². The van der Waals surface area contributed by atoms with E-state index in [1.807, 2.05) is 37.3 Å². The molecule has 0 aromatic heterocycles. The van der Waals surface area contributed by atoms with Gasteiger partial charge in [0, 0.05) is 18.2 Å². The van der Waals surface area contributed by atoms with Gasteiger partial charge in [0.1, 0.15) is 0 Å². The van der Waals surface area contributed by atoms with Crippen LogP contribution in [0.1, 0.15) is 40.9 Å². The van der Waals surface area contributed by atoms with Gasteiger partial charge >= 0.3 is 0 Å². The molecule has 5 nitrogen and oxygen atoms in total. The van der Waals surface area contributed by atoms with E-state index in [9.17, 15) is 13.2 Å². The zero-order valence-electron chi connectivity index (χ0n) is 14.7. The number of benzene rings is 2. The topological polar surface area (TPSA) is 75.3 Å². The Kier molecular flexibility index (Phi) is 6.33. The molecule has 0 radical (unpaired) electrons. The molecule has 2 N–H and O–H groups in total. The maximum absolute atomic E-state index is 12.2. The van der Waals surface area contributed by atoms with Crippen molar-refractivity contribution in [3.63, 3.8) is 0 Å². The van der Waals surface area contributed by atoms with Crippen LogP contribution in [0, 0.1) is 6.92 Å². The molecule has 134 valence electrons. The van der Waals surface area contributed by atoms with Crippen LogP contribution in [0.4, 0.5) is 0 Å². The van der Waals surface area contributed by atoms with Crippen LogP contribution < -0.4 is 10.0 Å². The molecule has 2 aromatic carbocycles. The van der Waals surface area contributed by atoms with Crippen LogP contribution in [0.5, 0.6) is 0 Å². The van der Waals surface area contributed by atoms with Gasteiger partial charge in [-0.05, 0) is 43.5 Å². The van der Waals surface area contributed by atoms with Crippen LogP contribution >= 0.6 is 0 Å². The third-order valence-corrected chi connectivity index (χ3v) is 5.18. The zero-order valence-corrected chi connectivity index (χ0v) is 15.6. The Bertz CT molecular complexity index is 828. The fraction of sp³-hybridized carbons (Fsp3) is 0.316. The largest absolute Gasteiger partial charge is 0.348 e. The van der Waals surface area contributed by atoms with Crippen molar-refractivity contribution in [2.75, 3.05) is 0 Å². The lowest BCUT2D eigenvalue weighted by atomic mass is 10.1. The lowest BCUT2D eigenvalue weighted by molar-refractivity contribution is 0.0950. The normalized spacial score (nSPS) is 11.5. The monoisotopic (exact) mass is 360 g/mol. The van der Waals surface area contributed by atoms with Crippen LogP contribution in [-0.2, 0) is 22.3 Å². The summed E-state index contributed by atoms with van der Waals surface area (Å²) < 4.78 is 26.4. The predicted molar refractivity (Wildman–Crippen MR) is 99.7 cm³/mol. The first-order valence-corrected chi connectivity index (χ1v) is 9.84. The molecular formula is C19H24N2O3S. The second-order valence-corrected chi connectivity index (χ2v) is 8.10. The van der Waals surface area contributed by atoms with Crippen molar-refractivity contribution in [1.82, 2.24) is 10.0 Å². The molecule has 2 rings (SSSR count). The minimum absolute atomic E-state index is 0.0545. The third kappa shape index (κ3) is 5.99. The van der Waals surface area contributed by atoms with Crippen molar-refractivity contribution in [1.29, 1.82) is 0 Å². The highest BCUT2D eigenvalue weighted by molar-refractivity contribution is 7.88. The van der Waals surface area contributed by atoms with E-state index in [0.29, 0.717) is 17.7 Å². The maximum Gasteiger partial charge on any atom is 0.251 e. The molecule has 0 aliphatic heterocycles. The molecule has 2 aromatic rings. The predicted octanol–water partition coefficient (Wildman–Crippen LogP) is 2.75. The van der Waals surface area contributed by atoms with Crippen molar-refractivity contribution in [3.8, 4) is 0 Å². The Morgan fingerprint density at radius 2 is 1.60 bits per heavy atom. The first-order valence-electron chi connectivity index (χ1n) is 8.18. The Morgan fingerprint density at radius 1 is 1.00 bits per heavy atom. The van der Waals surface area contributed by atoms with Gasteiger partial charge in [0.2, 0.25) is 10.0 Å². The van der Waals surface area contributed by atoms with E-state index in [1.54, 1.807) is 32.0 Å². The number of carbonyl (C=O) groups is 1. The van der Waals surface area contributed by atoms with E-state index >= 15 is 0 Å². The first kappa shape index (κ1) is 19.1. The molecule has 0 unspecified atom stereocenters. The van der Waals surface area contributed by atoms with E-state index in [4.69, 9.17) is 0 Å². The Balaban J connectivity index is 1.95. The van der Waals surface area contributed by atoms with Gasteiger partial charge in [-0.25, -0.2) is 13.1 Å². The average molecular weight is 360 g/mol. The number of sulfonamides is 1. The highest BCUT2D eigenvalue weighted by atomic mass is 32.2. The number of hydrogen-bond acceptors (Lipinski definition) is 3. The summed E-state index contributed by atoms with van der Waals surface area (Å²) in [5.41, 5.74) is 3.21. The SMILES string of the molecule is Cc1ccccc1C(=O)NCc1ccc(CS(=O)(=O)NC(C)C)cc1. The number of aryl methyl sites for hydroxylation is 1. The van der Waals surface area contributed by atoms with E-state index in [0.717, 1.165) is 11.1 Å². The maximum atomic E-state index is 12.2. The van der Waals surface area contributed by atoms with Gasteiger partial charge in [0.05, 0.1) is 5.75 Å². The zero-order chi connectivity index (χ0) is 18.4. The quantitative estimate of drug-likeness (QED) is 0.797. The Labute approximate surface area is 149 Å². The number of rotatable bonds is 7. The summed E-state index contributed by atoms with van der Waals surface area (Å²) >= 11 is 0. The molecule has 0 bridgehead atoms. The van der Waals surface area contributed by atoms with Crippen molar-refractivity contribution < 1.29 is 13.2 Å². The van der Waals surface area contributed by atoms with Crippen LogP contribution in [0.3, 0.4) is 0 Å². The van der Waals surface area contributed by atoms with Gasteiger partial charge in [0.15, 0.2) is 0 Å². The summed E-state index contributed by atoms with van der Waals surface area (Å²) in [6, 6.07) is 14.5. The number of hydrogen-bond donors (Lipinski definition) is 2. The lowest BCUT2D eigenvalue weighted by Crippen LogP contribution is -2.31. The smallest absolute Gasteiger partial charge is 0.251 e. The number of amides is 1. The lowest BCUT2D eigenvalue weighted by Gasteiger charge is -2.10. The molecule has 0 aliphatic carbocycles.